The second-order valence-corrected chi connectivity index (χ2v) is 19.0. The van der Waals surface area contributed by atoms with Crippen LogP contribution in [0.4, 0.5) is 0 Å². The molecular weight excluding hydrogens is 821 g/mol. The fraction of sp³-hybridized carbons (Fsp3) is 0.0303. The summed E-state index contributed by atoms with van der Waals surface area (Å²) in [6.45, 7) is 0. The quantitative estimate of drug-likeness (QED) is 0.164. The molecule has 0 saturated carbocycles. The second-order valence-electron chi connectivity index (χ2n) is 19.0. The van der Waals surface area contributed by atoms with Crippen LogP contribution in [0.3, 0.4) is 0 Å². The lowest BCUT2D eigenvalue weighted by Gasteiger charge is -2.48. The summed E-state index contributed by atoms with van der Waals surface area (Å²) in [5.41, 5.74) is 22.1. The van der Waals surface area contributed by atoms with Crippen LogP contribution in [0.1, 0.15) is 44.5 Å². The van der Waals surface area contributed by atoms with Gasteiger partial charge in [-0.1, -0.05) is 188 Å². The molecule has 16 rings (SSSR count). The zero-order valence-electron chi connectivity index (χ0n) is 37.0. The van der Waals surface area contributed by atoms with Crippen LogP contribution in [0.2, 0.25) is 0 Å². The summed E-state index contributed by atoms with van der Waals surface area (Å²) >= 11 is 0. The van der Waals surface area contributed by atoms with Crippen molar-refractivity contribution in [3.63, 3.8) is 0 Å². The molecule has 0 amide bonds. The van der Waals surface area contributed by atoms with Gasteiger partial charge < -0.3 is 9.13 Å². The van der Waals surface area contributed by atoms with Crippen molar-refractivity contribution in [1.29, 1.82) is 0 Å². The Morgan fingerprint density at radius 2 is 0.706 bits per heavy atom. The van der Waals surface area contributed by atoms with Crippen LogP contribution in [0, 0.1) is 0 Å². The smallest absolute Gasteiger partial charge is 0.0720 e. The first-order valence-corrected chi connectivity index (χ1v) is 23.8. The lowest BCUT2D eigenvalue weighted by atomic mass is 9.52. The van der Waals surface area contributed by atoms with Gasteiger partial charge >= 0.3 is 0 Å². The lowest BCUT2D eigenvalue weighted by molar-refractivity contribution is 0.633. The van der Waals surface area contributed by atoms with E-state index in [0.29, 0.717) is 0 Å². The molecule has 2 heterocycles. The van der Waals surface area contributed by atoms with Gasteiger partial charge in [-0.2, -0.15) is 0 Å². The number of para-hydroxylation sites is 2. The Hall–Kier alpha value is -8.72. The molecule has 3 aliphatic carbocycles. The van der Waals surface area contributed by atoms with Crippen LogP contribution in [0.5, 0.6) is 0 Å². The Labute approximate surface area is 393 Å². The molecule has 0 unspecified atom stereocenters. The van der Waals surface area contributed by atoms with Crippen LogP contribution >= 0.6 is 0 Å². The highest BCUT2D eigenvalue weighted by Gasteiger charge is 2.59. The fourth-order valence-electron chi connectivity index (χ4n) is 13.7. The molecule has 2 aromatic heterocycles. The molecule has 2 heteroatoms. The Bertz CT molecular complexity index is 4240. The van der Waals surface area contributed by atoms with Crippen molar-refractivity contribution in [2.24, 2.45) is 0 Å². The standard InChI is InChI=1S/C66H40N2/c1-2-19-42(20-3-1)67-60-33-17-9-25-48(60)50-38-43(35-37-61(50)67)68-62-36-34-41-18-4-5-21-44(41)64(62)51-39-49-47-24-8-12-28-54(47)66(59(49)40-63(51)68)57-31-15-13-29-55(57)65(56-30-14-16-32-58(56)66)52-26-10-6-22-45(52)46-23-7-11-27-53(46)65/h1-40H. The molecule has 0 saturated heterocycles. The molecule has 0 N–H and O–H groups in total. The molecule has 13 aromatic rings. The topological polar surface area (TPSA) is 9.86 Å². The van der Waals surface area contributed by atoms with Gasteiger partial charge in [0, 0.05) is 32.9 Å². The summed E-state index contributed by atoms with van der Waals surface area (Å²) in [6, 6.07) is 91.9. The number of hydrogen-bond donors (Lipinski definition) is 0. The summed E-state index contributed by atoms with van der Waals surface area (Å²) < 4.78 is 4.97. The monoisotopic (exact) mass is 860 g/mol. The minimum atomic E-state index is -0.596. The van der Waals surface area contributed by atoms with Crippen LogP contribution in [0.25, 0.3) is 88.0 Å². The van der Waals surface area contributed by atoms with Crippen LogP contribution < -0.4 is 0 Å². The van der Waals surface area contributed by atoms with E-state index in [2.05, 4.69) is 252 Å². The van der Waals surface area contributed by atoms with Crippen molar-refractivity contribution in [3.05, 3.63) is 287 Å². The van der Waals surface area contributed by atoms with E-state index in [1.54, 1.807) is 0 Å². The first-order chi connectivity index (χ1) is 33.8. The Balaban J connectivity index is 1.05. The highest BCUT2D eigenvalue weighted by molar-refractivity contribution is 6.23. The number of aromatic nitrogens is 2. The predicted octanol–water partition coefficient (Wildman–Crippen LogP) is 16.1. The molecule has 0 aliphatic heterocycles. The number of fused-ring (bicyclic) bond motifs is 24. The van der Waals surface area contributed by atoms with Gasteiger partial charge in [-0.15, -0.1) is 0 Å². The molecule has 68 heavy (non-hydrogen) atoms. The van der Waals surface area contributed by atoms with E-state index in [-0.39, 0.29) is 0 Å². The molecule has 0 bridgehead atoms. The number of nitrogens with zero attached hydrogens (tertiary/aromatic N) is 2. The third kappa shape index (κ3) is 4.26. The van der Waals surface area contributed by atoms with E-state index in [4.69, 9.17) is 0 Å². The average molecular weight is 861 g/mol. The molecule has 0 fully saturated rings. The van der Waals surface area contributed by atoms with Crippen LogP contribution in [0.15, 0.2) is 243 Å². The lowest BCUT2D eigenvalue weighted by Crippen LogP contribution is -2.43. The van der Waals surface area contributed by atoms with E-state index in [0.717, 1.165) is 11.4 Å². The van der Waals surface area contributed by atoms with Crippen molar-refractivity contribution in [3.8, 4) is 33.6 Å². The van der Waals surface area contributed by atoms with Gasteiger partial charge in [-0.3, -0.25) is 0 Å². The summed E-state index contributed by atoms with van der Waals surface area (Å²) in [4.78, 5) is 0. The Morgan fingerprint density at radius 3 is 1.35 bits per heavy atom. The number of rotatable bonds is 2. The normalized spacial score (nSPS) is 14.4. The molecule has 11 aromatic carbocycles. The van der Waals surface area contributed by atoms with Crippen molar-refractivity contribution in [2.45, 2.75) is 10.8 Å². The van der Waals surface area contributed by atoms with E-state index < -0.39 is 10.8 Å². The van der Waals surface area contributed by atoms with Crippen LogP contribution in [-0.2, 0) is 10.8 Å². The van der Waals surface area contributed by atoms with E-state index in [9.17, 15) is 0 Å². The van der Waals surface area contributed by atoms with E-state index in [1.165, 1.54) is 121 Å². The van der Waals surface area contributed by atoms with Crippen molar-refractivity contribution in [2.75, 3.05) is 0 Å². The van der Waals surface area contributed by atoms with E-state index in [1.807, 2.05) is 0 Å². The van der Waals surface area contributed by atoms with Crippen molar-refractivity contribution >= 4 is 54.4 Å². The highest BCUT2D eigenvalue weighted by atomic mass is 15.0. The Morgan fingerprint density at radius 1 is 0.235 bits per heavy atom. The largest absolute Gasteiger partial charge is 0.309 e. The first-order valence-electron chi connectivity index (χ1n) is 23.8. The molecule has 314 valence electrons. The van der Waals surface area contributed by atoms with Gasteiger partial charge in [0.05, 0.1) is 32.9 Å². The zero-order valence-corrected chi connectivity index (χ0v) is 37.0. The molecule has 0 radical (unpaired) electrons. The van der Waals surface area contributed by atoms with Crippen LogP contribution in [-0.4, -0.2) is 9.13 Å². The first kappa shape index (κ1) is 36.5. The Kier molecular flexibility index (Phi) is 6.98. The maximum atomic E-state index is 2.60. The fourth-order valence-corrected chi connectivity index (χ4v) is 13.7. The summed E-state index contributed by atoms with van der Waals surface area (Å²) in [7, 11) is 0. The van der Waals surface area contributed by atoms with Gasteiger partial charge in [0.15, 0.2) is 0 Å². The third-order valence-corrected chi connectivity index (χ3v) is 16.2. The van der Waals surface area contributed by atoms with Gasteiger partial charge in [0.1, 0.15) is 0 Å². The summed E-state index contributed by atoms with van der Waals surface area (Å²) in [6.07, 6.45) is 0. The predicted molar refractivity (Wildman–Crippen MR) is 281 cm³/mol. The maximum Gasteiger partial charge on any atom is 0.0720 e. The summed E-state index contributed by atoms with van der Waals surface area (Å²) in [5.74, 6) is 0. The molecule has 0 atom stereocenters. The average Bonchev–Trinajstić information content (AvgIpc) is 4.10. The zero-order chi connectivity index (χ0) is 44.3. The molecule has 3 aliphatic rings. The molecule has 2 spiro atoms. The molecule has 2 nitrogen and oxygen atoms in total. The summed E-state index contributed by atoms with van der Waals surface area (Å²) in [5, 5.41) is 7.55. The minimum absolute atomic E-state index is 0.491. The molecular formula is C66H40N2. The van der Waals surface area contributed by atoms with Gasteiger partial charge in [-0.25, -0.2) is 0 Å². The number of hydrogen-bond acceptors (Lipinski definition) is 0. The van der Waals surface area contributed by atoms with Gasteiger partial charge in [-0.05, 0) is 132 Å². The van der Waals surface area contributed by atoms with Gasteiger partial charge in [0.25, 0.3) is 0 Å². The number of benzene rings is 11. The second kappa shape index (κ2) is 13.0. The maximum absolute atomic E-state index is 2.60. The minimum Gasteiger partial charge on any atom is -0.309 e. The third-order valence-electron chi connectivity index (χ3n) is 16.2. The SMILES string of the molecule is c1ccc(-n2c3ccccc3c3cc(-n4c5cc6c(cc5c5c7ccccc7ccc54)-c4ccccc4C64c5ccccc5C5(c6ccccc6-c6ccccc65)c5ccccc54)ccc32)cc1. The highest BCUT2D eigenvalue weighted by Crippen LogP contribution is 2.67. The van der Waals surface area contributed by atoms with Crippen molar-refractivity contribution in [1.82, 2.24) is 9.13 Å². The van der Waals surface area contributed by atoms with Crippen molar-refractivity contribution < 1.29 is 0 Å². The van der Waals surface area contributed by atoms with E-state index >= 15 is 0 Å². The van der Waals surface area contributed by atoms with Gasteiger partial charge in [0.2, 0.25) is 0 Å².